The van der Waals surface area contributed by atoms with Gasteiger partial charge < -0.3 is 4.74 Å². The van der Waals surface area contributed by atoms with Crippen molar-refractivity contribution >= 4 is 6.08 Å². The molecule has 1 aromatic rings. The SMILES string of the molecule is Cc1ncnc(/C=C2\CCOC2)c1C. The molecule has 0 saturated carbocycles. The van der Waals surface area contributed by atoms with Gasteiger partial charge in [-0.15, -0.1) is 0 Å². The zero-order valence-corrected chi connectivity index (χ0v) is 8.58. The van der Waals surface area contributed by atoms with Gasteiger partial charge in [-0.1, -0.05) is 0 Å². The molecular weight excluding hydrogens is 176 g/mol. The van der Waals surface area contributed by atoms with E-state index in [1.54, 1.807) is 6.33 Å². The lowest BCUT2D eigenvalue weighted by atomic mass is 10.1. The summed E-state index contributed by atoms with van der Waals surface area (Å²) in [5, 5.41) is 0. The third kappa shape index (κ3) is 1.82. The molecule has 2 heterocycles. The largest absolute Gasteiger partial charge is 0.377 e. The quantitative estimate of drug-likeness (QED) is 0.678. The summed E-state index contributed by atoms with van der Waals surface area (Å²) >= 11 is 0. The highest BCUT2D eigenvalue weighted by Gasteiger charge is 2.08. The first-order chi connectivity index (χ1) is 6.77. The lowest BCUT2D eigenvalue weighted by Gasteiger charge is -2.02. The summed E-state index contributed by atoms with van der Waals surface area (Å²) in [6.45, 7) is 5.65. The Morgan fingerprint density at radius 3 is 2.93 bits per heavy atom. The average Bonchev–Trinajstić information content (AvgIpc) is 2.66. The Labute approximate surface area is 83.8 Å². The average molecular weight is 190 g/mol. The molecule has 0 N–H and O–H groups in total. The first-order valence-corrected chi connectivity index (χ1v) is 4.83. The van der Waals surface area contributed by atoms with Crippen LogP contribution in [0.2, 0.25) is 0 Å². The molecule has 14 heavy (non-hydrogen) atoms. The summed E-state index contributed by atoms with van der Waals surface area (Å²) in [5.41, 5.74) is 4.56. The summed E-state index contributed by atoms with van der Waals surface area (Å²) in [5.74, 6) is 0. The van der Waals surface area contributed by atoms with Gasteiger partial charge in [-0.05, 0) is 37.5 Å². The Balaban J connectivity index is 2.32. The highest BCUT2D eigenvalue weighted by Crippen LogP contribution is 2.17. The first kappa shape index (κ1) is 9.34. The minimum atomic E-state index is 0.752. The van der Waals surface area contributed by atoms with Crippen molar-refractivity contribution in [2.24, 2.45) is 0 Å². The fraction of sp³-hybridized carbons (Fsp3) is 0.455. The fourth-order valence-electron chi connectivity index (χ4n) is 1.49. The van der Waals surface area contributed by atoms with E-state index in [2.05, 4.69) is 23.0 Å². The van der Waals surface area contributed by atoms with E-state index in [0.717, 1.165) is 36.6 Å². The van der Waals surface area contributed by atoms with E-state index >= 15 is 0 Å². The highest BCUT2D eigenvalue weighted by atomic mass is 16.5. The first-order valence-electron chi connectivity index (χ1n) is 4.83. The van der Waals surface area contributed by atoms with Crippen molar-refractivity contribution in [1.29, 1.82) is 0 Å². The molecule has 1 saturated heterocycles. The van der Waals surface area contributed by atoms with Crippen LogP contribution in [0.15, 0.2) is 11.9 Å². The monoisotopic (exact) mass is 190 g/mol. The van der Waals surface area contributed by atoms with Crippen LogP contribution in [-0.2, 0) is 4.74 Å². The normalized spacial score (nSPS) is 19.1. The molecule has 0 atom stereocenters. The predicted molar refractivity (Wildman–Crippen MR) is 54.9 cm³/mol. The Morgan fingerprint density at radius 1 is 1.36 bits per heavy atom. The van der Waals surface area contributed by atoms with Crippen LogP contribution in [0.3, 0.4) is 0 Å². The molecule has 1 aliphatic rings. The van der Waals surface area contributed by atoms with Crippen LogP contribution in [0, 0.1) is 13.8 Å². The lowest BCUT2D eigenvalue weighted by Crippen LogP contribution is -1.94. The van der Waals surface area contributed by atoms with E-state index in [-0.39, 0.29) is 0 Å². The molecule has 0 spiro atoms. The summed E-state index contributed by atoms with van der Waals surface area (Å²) in [7, 11) is 0. The Bertz CT molecular complexity index is 364. The van der Waals surface area contributed by atoms with Gasteiger partial charge in [0.05, 0.1) is 18.9 Å². The molecule has 2 rings (SSSR count). The van der Waals surface area contributed by atoms with E-state index in [9.17, 15) is 0 Å². The van der Waals surface area contributed by atoms with E-state index in [1.165, 1.54) is 5.57 Å². The van der Waals surface area contributed by atoms with Crippen molar-refractivity contribution in [3.63, 3.8) is 0 Å². The van der Waals surface area contributed by atoms with Gasteiger partial charge in [-0.2, -0.15) is 0 Å². The standard InChI is InChI=1S/C11H14N2O/c1-8-9(2)12-7-13-11(8)5-10-3-4-14-6-10/h5,7H,3-4,6H2,1-2H3/b10-5+. The molecular formula is C11H14N2O. The molecule has 0 amide bonds. The number of rotatable bonds is 1. The molecule has 1 aliphatic heterocycles. The Hall–Kier alpha value is -1.22. The second-order valence-electron chi connectivity index (χ2n) is 3.57. The zero-order chi connectivity index (χ0) is 9.97. The maximum absolute atomic E-state index is 5.29. The van der Waals surface area contributed by atoms with Crippen LogP contribution in [0.1, 0.15) is 23.4 Å². The van der Waals surface area contributed by atoms with Crippen LogP contribution >= 0.6 is 0 Å². The van der Waals surface area contributed by atoms with Crippen molar-refractivity contribution in [2.45, 2.75) is 20.3 Å². The smallest absolute Gasteiger partial charge is 0.116 e. The summed E-state index contributed by atoms with van der Waals surface area (Å²) in [6, 6.07) is 0. The number of hydrogen-bond donors (Lipinski definition) is 0. The van der Waals surface area contributed by atoms with Gasteiger partial charge in [-0.25, -0.2) is 9.97 Å². The van der Waals surface area contributed by atoms with Crippen molar-refractivity contribution in [3.8, 4) is 0 Å². The Kier molecular flexibility index (Phi) is 2.59. The number of nitrogens with zero attached hydrogens (tertiary/aromatic N) is 2. The van der Waals surface area contributed by atoms with Crippen LogP contribution in [0.5, 0.6) is 0 Å². The summed E-state index contributed by atoms with van der Waals surface area (Å²) in [6.07, 6.45) is 4.77. The molecule has 1 aromatic heterocycles. The molecule has 0 aliphatic carbocycles. The number of aromatic nitrogens is 2. The lowest BCUT2D eigenvalue weighted by molar-refractivity contribution is 0.205. The van der Waals surface area contributed by atoms with Crippen molar-refractivity contribution in [3.05, 3.63) is 28.9 Å². The topological polar surface area (TPSA) is 35.0 Å². The molecule has 3 heteroatoms. The minimum absolute atomic E-state index is 0.752. The molecule has 0 radical (unpaired) electrons. The van der Waals surface area contributed by atoms with Crippen LogP contribution in [-0.4, -0.2) is 23.2 Å². The maximum atomic E-state index is 5.29. The highest BCUT2D eigenvalue weighted by molar-refractivity contribution is 5.53. The van der Waals surface area contributed by atoms with E-state index in [0.29, 0.717) is 0 Å². The van der Waals surface area contributed by atoms with Gasteiger partial charge >= 0.3 is 0 Å². The van der Waals surface area contributed by atoms with Gasteiger partial charge in [-0.3, -0.25) is 0 Å². The van der Waals surface area contributed by atoms with Gasteiger partial charge in [0.25, 0.3) is 0 Å². The molecule has 74 valence electrons. The van der Waals surface area contributed by atoms with Crippen LogP contribution in [0.4, 0.5) is 0 Å². The van der Waals surface area contributed by atoms with E-state index in [1.807, 2.05) is 6.92 Å². The Morgan fingerprint density at radius 2 is 2.21 bits per heavy atom. The molecule has 1 fully saturated rings. The predicted octanol–water partition coefficient (Wildman–Crippen LogP) is 1.90. The number of aryl methyl sites for hydroxylation is 1. The van der Waals surface area contributed by atoms with Gasteiger partial charge in [0.2, 0.25) is 0 Å². The summed E-state index contributed by atoms with van der Waals surface area (Å²) in [4.78, 5) is 8.40. The van der Waals surface area contributed by atoms with E-state index in [4.69, 9.17) is 4.74 Å². The zero-order valence-electron chi connectivity index (χ0n) is 8.58. The molecule has 0 unspecified atom stereocenters. The third-order valence-corrected chi connectivity index (χ3v) is 2.57. The minimum Gasteiger partial charge on any atom is -0.377 e. The molecule has 3 nitrogen and oxygen atoms in total. The van der Waals surface area contributed by atoms with Crippen molar-refractivity contribution in [1.82, 2.24) is 9.97 Å². The molecule has 0 bridgehead atoms. The van der Waals surface area contributed by atoms with E-state index < -0.39 is 0 Å². The number of hydrogen-bond acceptors (Lipinski definition) is 3. The van der Waals surface area contributed by atoms with Gasteiger partial charge in [0.1, 0.15) is 6.33 Å². The third-order valence-electron chi connectivity index (χ3n) is 2.57. The molecule has 0 aromatic carbocycles. The fourth-order valence-corrected chi connectivity index (χ4v) is 1.49. The van der Waals surface area contributed by atoms with Crippen LogP contribution in [0.25, 0.3) is 6.08 Å². The summed E-state index contributed by atoms with van der Waals surface area (Å²) < 4.78 is 5.29. The second kappa shape index (κ2) is 3.88. The maximum Gasteiger partial charge on any atom is 0.116 e. The van der Waals surface area contributed by atoms with Crippen LogP contribution < -0.4 is 0 Å². The van der Waals surface area contributed by atoms with Gasteiger partial charge in [0, 0.05) is 5.69 Å². The van der Waals surface area contributed by atoms with Crippen molar-refractivity contribution in [2.75, 3.05) is 13.2 Å². The number of ether oxygens (including phenoxy) is 1. The second-order valence-corrected chi connectivity index (χ2v) is 3.57. The van der Waals surface area contributed by atoms with Crippen molar-refractivity contribution < 1.29 is 4.74 Å². The van der Waals surface area contributed by atoms with Gasteiger partial charge in [0.15, 0.2) is 0 Å².